The van der Waals surface area contributed by atoms with Crippen molar-refractivity contribution in [2.45, 2.75) is 19.4 Å². The molecule has 0 unspecified atom stereocenters. The third-order valence-corrected chi connectivity index (χ3v) is 5.17. The van der Waals surface area contributed by atoms with Crippen molar-refractivity contribution < 1.29 is 17.9 Å². The van der Waals surface area contributed by atoms with Crippen molar-refractivity contribution in [2.24, 2.45) is 11.1 Å². The summed E-state index contributed by atoms with van der Waals surface area (Å²) >= 11 is 0. The summed E-state index contributed by atoms with van der Waals surface area (Å²) < 4.78 is 27.7. The lowest BCUT2D eigenvalue weighted by molar-refractivity contribution is 0.207. The molecule has 1 aromatic carbocycles. The molecule has 1 atom stereocenters. The highest BCUT2D eigenvalue weighted by molar-refractivity contribution is 7.89. The SMILES string of the molecule is NS(=O)(=O)C[C@@H]1CCN(C(=O)NCc2ccc3c(c2)CCO3)C1. The van der Waals surface area contributed by atoms with Gasteiger partial charge in [-0.1, -0.05) is 12.1 Å². The minimum Gasteiger partial charge on any atom is -0.493 e. The van der Waals surface area contributed by atoms with Crippen LogP contribution in [0.3, 0.4) is 0 Å². The number of ether oxygens (including phenoxy) is 1. The van der Waals surface area contributed by atoms with Gasteiger partial charge in [0.1, 0.15) is 5.75 Å². The molecule has 0 aromatic heterocycles. The van der Waals surface area contributed by atoms with E-state index >= 15 is 0 Å². The Morgan fingerprint density at radius 2 is 2.26 bits per heavy atom. The van der Waals surface area contributed by atoms with E-state index in [2.05, 4.69) is 11.4 Å². The molecule has 0 saturated carbocycles. The minimum absolute atomic E-state index is 0.0679. The van der Waals surface area contributed by atoms with Crippen LogP contribution >= 0.6 is 0 Å². The van der Waals surface area contributed by atoms with E-state index in [1.54, 1.807) is 4.90 Å². The Kier molecular flexibility index (Phi) is 4.45. The van der Waals surface area contributed by atoms with Crippen molar-refractivity contribution in [1.29, 1.82) is 0 Å². The van der Waals surface area contributed by atoms with Crippen LogP contribution in [0.5, 0.6) is 5.75 Å². The molecule has 23 heavy (non-hydrogen) atoms. The van der Waals surface area contributed by atoms with Crippen LogP contribution in [0, 0.1) is 5.92 Å². The number of rotatable bonds is 4. The monoisotopic (exact) mass is 339 g/mol. The van der Waals surface area contributed by atoms with E-state index in [0.29, 0.717) is 32.7 Å². The Balaban J connectivity index is 1.50. The van der Waals surface area contributed by atoms with E-state index in [1.807, 2.05) is 12.1 Å². The van der Waals surface area contributed by atoms with Gasteiger partial charge in [0.05, 0.1) is 12.4 Å². The van der Waals surface area contributed by atoms with Gasteiger partial charge in [-0.15, -0.1) is 0 Å². The fraction of sp³-hybridized carbons (Fsp3) is 0.533. The average Bonchev–Trinajstić information content (AvgIpc) is 3.11. The predicted molar refractivity (Wildman–Crippen MR) is 85.5 cm³/mol. The number of nitrogens with zero attached hydrogens (tertiary/aromatic N) is 1. The molecule has 8 heteroatoms. The fourth-order valence-corrected chi connectivity index (χ4v) is 4.05. The predicted octanol–water partition coefficient (Wildman–Crippen LogP) is 0.442. The van der Waals surface area contributed by atoms with Gasteiger partial charge in [-0.25, -0.2) is 18.4 Å². The largest absolute Gasteiger partial charge is 0.493 e. The number of amides is 2. The summed E-state index contributed by atoms with van der Waals surface area (Å²) in [6.45, 7) is 2.15. The van der Waals surface area contributed by atoms with Crippen molar-refractivity contribution >= 4 is 16.1 Å². The van der Waals surface area contributed by atoms with Crippen LogP contribution in [-0.4, -0.2) is 44.8 Å². The zero-order chi connectivity index (χ0) is 16.4. The van der Waals surface area contributed by atoms with Crippen molar-refractivity contribution in [3.05, 3.63) is 29.3 Å². The summed E-state index contributed by atoms with van der Waals surface area (Å²) in [7, 11) is -3.49. The van der Waals surface area contributed by atoms with Crippen LogP contribution in [0.4, 0.5) is 4.79 Å². The van der Waals surface area contributed by atoms with E-state index in [0.717, 1.165) is 17.7 Å². The smallest absolute Gasteiger partial charge is 0.317 e. The number of likely N-dealkylation sites (tertiary alicyclic amines) is 1. The first-order chi connectivity index (χ1) is 10.9. The van der Waals surface area contributed by atoms with E-state index in [4.69, 9.17) is 9.88 Å². The third-order valence-electron chi connectivity index (χ3n) is 4.24. The number of hydrogen-bond donors (Lipinski definition) is 2. The van der Waals surface area contributed by atoms with Crippen molar-refractivity contribution in [3.8, 4) is 5.75 Å². The zero-order valence-corrected chi connectivity index (χ0v) is 13.6. The van der Waals surface area contributed by atoms with Gasteiger partial charge >= 0.3 is 6.03 Å². The molecule has 2 aliphatic rings. The van der Waals surface area contributed by atoms with E-state index < -0.39 is 10.0 Å². The van der Waals surface area contributed by atoms with E-state index in [1.165, 1.54) is 5.56 Å². The van der Waals surface area contributed by atoms with Crippen LogP contribution in [0.15, 0.2) is 18.2 Å². The van der Waals surface area contributed by atoms with Gasteiger partial charge in [0.2, 0.25) is 10.0 Å². The van der Waals surface area contributed by atoms with Gasteiger partial charge in [0.15, 0.2) is 0 Å². The molecule has 2 aliphatic heterocycles. The highest BCUT2D eigenvalue weighted by Gasteiger charge is 2.28. The van der Waals surface area contributed by atoms with E-state index in [9.17, 15) is 13.2 Å². The van der Waals surface area contributed by atoms with Crippen LogP contribution in [0.25, 0.3) is 0 Å². The normalized spacial score (nSPS) is 20.2. The number of benzene rings is 1. The summed E-state index contributed by atoms with van der Waals surface area (Å²) in [5.41, 5.74) is 2.20. The number of nitrogens with one attached hydrogen (secondary N) is 1. The number of hydrogen-bond acceptors (Lipinski definition) is 4. The number of sulfonamides is 1. The van der Waals surface area contributed by atoms with Crippen LogP contribution in [-0.2, 0) is 23.0 Å². The Hall–Kier alpha value is -1.80. The standard InChI is InChI=1S/C15H21N3O4S/c16-23(20,21)10-12-3-5-18(9-12)15(19)17-8-11-1-2-14-13(7-11)4-6-22-14/h1-2,7,12H,3-6,8-10H2,(H,17,19)(H2,16,20,21)/t12-/m1/s1. The highest BCUT2D eigenvalue weighted by atomic mass is 32.2. The molecule has 2 heterocycles. The molecule has 126 valence electrons. The Labute approximate surface area is 135 Å². The van der Waals surface area contributed by atoms with Crippen LogP contribution < -0.4 is 15.2 Å². The van der Waals surface area contributed by atoms with Gasteiger partial charge in [-0.2, -0.15) is 0 Å². The molecular weight excluding hydrogens is 318 g/mol. The fourth-order valence-electron chi connectivity index (χ4n) is 3.12. The second kappa shape index (κ2) is 6.37. The Morgan fingerprint density at radius 3 is 3.04 bits per heavy atom. The highest BCUT2D eigenvalue weighted by Crippen LogP contribution is 2.25. The number of fused-ring (bicyclic) bond motifs is 1. The van der Waals surface area contributed by atoms with Gasteiger partial charge in [0.25, 0.3) is 0 Å². The van der Waals surface area contributed by atoms with Gasteiger partial charge in [-0.05, 0) is 29.5 Å². The molecule has 7 nitrogen and oxygen atoms in total. The molecule has 1 saturated heterocycles. The first kappa shape index (κ1) is 16.1. The molecule has 0 spiro atoms. The average molecular weight is 339 g/mol. The van der Waals surface area contributed by atoms with Gasteiger partial charge in [-0.3, -0.25) is 0 Å². The first-order valence-corrected chi connectivity index (χ1v) is 9.40. The molecule has 0 radical (unpaired) electrons. The summed E-state index contributed by atoms with van der Waals surface area (Å²) in [6, 6.07) is 5.76. The topological polar surface area (TPSA) is 102 Å². The minimum atomic E-state index is -3.49. The lowest BCUT2D eigenvalue weighted by Gasteiger charge is -2.17. The molecule has 3 N–H and O–H groups in total. The molecule has 2 amide bonds. The van der Waals surface area contributed by atoms with Crippen molar-refractivity contribution in [1.82, 2.24) is 10.2 Å². The lowest BCUT2D eigenvalue weighted by Crippen LogP contribution is -2.38. The lowest BCUT2D eigenvalue weighted by atomic mass is 10.1. The summed E-state index contributed by atoms with van der Waals surface area (Å²) in [6.07, 6.45) is 1.57. The number of primary sulfonamides is 1. The summed E-state index contributed by atoms with van der Waals surface area (Å²) in [4.78, 5) is 13.8. The molecule has 1 aromatic rings. The van der Waals surface area contributed by atoms with Gasteiger partial charge in [0, 0.05) is 26.1 Å². The maximum Gasteiger partial charge on any atom is 0.317 e. The number of carbonyl (C=O) groups is 1. The maximum atomic E-state index is 12.2. The van der Waals surface area contributed by atoms with Crippen molar-refractivity contribution in [3.63, 3.8) is 0 Å². The molecule has 0 bridgehead atoms. The van der Waals surface area contributed by atoms with E-state index in [-0.39, 0.29) is 17.7 Å². The number of urea groups is 1. The van der Waals surface area contributed by atoms with Crippen molar-refractivity contribution in [2.75, 3.05) is 25.4 Å². The summed E-state index contributed by atoms with van der Waals surface area (Å²) in [5.74, 6) is 0.778. The quantitative estimate of drug-likeness (QED) is 0.831. The number of carbonyl (C=O) groups excluding carboxylic acids is 1. The molecule has 0 aliphatic carbocycles. The second-order valence-corrected chi connectivity index (χ2v) is 7.79. The van der Waals surface area contributed by atoms with Crippen LogP contribution in [0.1, 0.15) is 17.5 Å². The second-order valence-electron chi connectivity index (χ2n) is 6.13. The molecular formula is C15H21N3O4S. The van der Waals surface area contributed by atoms with Gasteiger partial charge < -0.3 is 15.0 Å². The maximum absolute atomic E-state index is 12.2. The zero-order valence-electron chi connectivity index (χ0n) is 12.8. The third kappa shape index (κ3) is 4.14. The molecule has 3 rings (SSSR count). The molecule has 1 fully saturated rings. The Morgan fingerprint density at radius 1 is 1.43 bits per heavy atom. The number of nitrogens with two attached hydrogens (primary N) is 1. The first-order valence-electron chi connectivity index (χ1n) is 7.68. The summed E-state index contributed by atoms with van der Waals surface area (Å²) in [5, 5.41) is 7.94. The Bertz CT molecular complexity index is 705. The van der Waals surface area contributed by atoms with Crippen LogP contribution in [0.2, 0.25) is 0 Å².